The quantitative estimate of drug-likeness (QED) is 0.529. The number of carbonyl (C=O) groups is 2. The Kier molecular flexibility index (Phi) is 4.44. The minimum absolute atomic E-state index is 0.0786. The molecule has 2 aliphatic heterocycles. The van der Waals surface area contributed by atoms with Gasteiger partial charge in [0.25, 0.3) is 5.91 Å². The van der Waals surface area contributed by atoms with Crippen molar-refractivity contribution < 1.29 is 23.6 Å². The Hall–Kier alpha value is -3.79. The number of hydrogen-bond acceptors (Lipinski definition) is 7. The minimum Gasteiger partial charge on any atom is -0.497 e. The zero-order valence-electron chi connectivity index (χ0n) is 18.0. The summed E-state index contributed by atoms with van der Waals surface area (Å²) in [6.07, 6.45) is 2.29. The average Bonchev–Trinajstić information content (AvgIpc) is 3.43. The van der Waals surface area contributed by atoms with Crippen molar-refractivity contribution in [2.75, 3.05) is 25.6 Å². The normalized spacial score (nSPS) is 22.2. The lowest BCUT2D eigenvalue weighted by atomic mass is 9.95. The number of nitrogens with zero attached hydrogens (tertiary/aromatic N) is 2. The summed E-state index contributed by atoms with van der Waals surface area (Å²) in [6, 6.07) is 11.0. The van der Waals surface area contributed by atoms with E-state index in [-0.39, 0.29) is 19.1 Å². The summed E-state index contributed by atoms with van der Waals surface area (Å²) in [5.41, 5.74) is 3.99. The third-order valence-electron chi connectivity index (χ3n) is 6.27. The molecule has 1 saturated heterocycles. The van der Waals surface area contributed by atoms with Gasteiger partial charge >= 0.3 is 6.03 Å². The van der Waals surface area contributed by atoms with Crippen molar-refractivity contribution in [2.45, 2.75) is 31.0 Å². The fourth-order valence-electron chi connectivity index (χ4n) is 4.40. The second-order valence-electron chi connectivity index (χ2n) is 8.72. The lowest BCUT2D eigenvalue weighted by molar-refractivity contribution is -0.0284. The van der Waals surface area contributed by atoms with Gasteiger partial charge < -0.3 is 24.7 Å². The highest BCUT2D eigenvalue weighted by Crippen LogP contribution is 2.34. The predicted octanol–water partition coefficient (Wildman–Crippen LogP) is 2.51. The number of anilines is 1. The van der Waals surface area contributed by atoms with Crippen LogP contribution in [0.3, 0.4) is 0 Å². The number of methoxy groups -OCH3 is 1. The number of amides is 3. The van der Waals surface area contributed by atoms with Crippen LogP contribution in [0.5, 0.6) is 5.75 Å². The smallest absolute Gasteiger partial charge is 0.339 e. The first kappa shape index (κ1) is 19.9. The molecular formula is C23H23N5O5. The van der Waals surface area contributed by atoms with Gasteiger partial charge in [-0.1, -0.05) is 6.07 Å². The van der Waals surface area contributed by atoms with E-state index in [1.165, 1.54) is 0 Å². The average molecular weight is 449 g/mol. The van der Waals surface area contributed by atoms with Gasteiger partial charge in [0.15, 0.2) is 5.58 Å². The van der Waals surface area contributed by atoms with Crippen LogP contribution in [0.1, 0.15) is 34.5 Å². The van der Waals surface area contributed by atoms with E-state index in [0.717, 1.165) is 24.2 Å². The molecule has 6 rings (SSSR count). The molecule has 10 nitrogen and oxygen atoms in total. The van der Waals surface area contributed by atoms with Crippen LogP contribution in [-0.2, 0) is 16.9 Å². The van der Waals surface area contributed by atoms with Crippen molar-refractivity contribution in [3.8, 4) is 5.75 Å². The van der Waals surface area contributed by atoms with E-state index in [0.29, 0.717) is 40.8 Å². The number of rotatable bonds is 6. The fraction of sp³-hybridized carbons (Fsp3) is 0.348. The van der Waals surface area contributed by atoms with Crippen LogP contribution >= 0.6 is 0 Å². The maximum absolute atomic E-state index is 13.2. The van der Waals surface area contributed by atoms with Gasteiger partial charge in [0.1, 0.15) is 35.0 Å². The van der Waals surface area contributed by atoms with E-state index in [1.807, 2.05) is 24.3 Å². The number of ether oxygens (including phenoxy) is 1. The van der Waals surface area contributed by atoms with Crippen LogP contribution < -0.4 is 20.9 Å². The Morgan fingerprint density at radius 1 is 1.24 bits per heavy atom. The Morgan fingerprint density at radius 3 is 2.91 bits per heavy atom. The van der Waals surface area contributed by atoms with Crippen molar-refractivity contribution in [1.29, 1.82) is 0 Å². The number of hydrogen-bond donors (Lipinski definition) is 3. The summed E-state index contributed by atoms with van der Waals surface area (Å²) in [5.74, 6) is 1.75. The number of fused-ring (bicyclic) bond motifs is 2. The molecule has 3 aliphatic rings. The fourth-order valence-corrected chi connectivity index (χ4v) is 4.40. The highest BCUT2D eigenvalue weighted by Gasteiger charge is 2.45. The molecule has 0 spiro atoms. The zero-order chi connectivity index (χ0) is 22.6. The third-order valence-corrected chi connectivity index (χ3v) is 6.27. The predicted molar refractivity (Wildman–Crippen MR) is 118 cm³/mol. The molecule has 1 aliphatic carbocycles. The number of benzene rings is 1. The molecule has 33 heavy (non-hydrogen) atoms. The molecule has 3 amide bonds. The molecule has 2 fully saturated rings. The largest absolute Gasteiger partial charge is 0.497 e. The summed E-state index contributed by atoms with van der Waals surface area (Å²) >= 11 is 0. The Morgan fingerprint density at radius 2 is 2.12 bits per heavy atom. The molecule has 2 aromatic heterocycles. The van der Waals surface area contributed by atoms with Crippen molar-refractivity contribution in [3.05, 3.63) is 53.3 Å². The SMILES string of the molecule is COc1ccc2c(c1)C(=O)N(C[C@]1(c3cc4nc(NC5CC5)ccc4o3)CONC(=O)N1)C2. The molecule has 170 valence electrons. The molecule has 4 heterocycles. The van der Waals surface area contributed by atoms with Gasteiger partial charge in [-0.2, -0.15) is 0 Å². The molecule has 0 radical (unpaired) electrons. The summed E-state index contributed by atoms with van der Waals surface area (Å²) in [7, 11) is 1.57. The van der Waals surface area contributed by atoms with E-state index in [9.17, 15) is 9.59 Å². The van der Waals surface area contributed by atoms with Gasteiger partial charge in [-0.15, -0.1) is 0 Å². The second-order valence-corrected chi connectivity index (χ2v) is 8.72. The second kappa shape index (κ2) is 7.38. The third kappa shape index (κ3) is 3.52. The monoisotopic (exact) mass is 449 g/mol. The van der Waals surface area contributed by atoms with Crippen molar-refractivity contribution in [1.82, 2.24) is 20.7 Å². The summed E-state index contributed by atoms with van der Waals surface area (Å²) in [5, 5.41) is 6.31. The van der Waals surface area contributed by atoms with E-state index < -0.39 is 11.6 Å². The summed E-state index contributed by atoms with van der Waals surface area (Å²) in [6.45, 7) is 0.662. The maximum atomic E-state index is 13.2. The molecule has 0 unspecified atom stereocenters. The van der Waals surface area contributed by atoms with Crippen LogP contribution in [0.25, 0.3) is 11.1 Å². The van der Waals surface area contributed by atoms with Gasteiger partial charge in [0.05, 0.1) is 13.7 Å². The first-order valence-electron chi connectivity index (χ1n) is 10.9. The number of pyridine rings is 1. The van der Waals surface area contributed by atoms with Gasteiger partial charge in [-0.3, -0.25) is 9.63 Å². The van der Waals surface area contributed by atoms with Crippen molar-refractivity contribution in [3.63, 3.8) is 0 Å². The highest BCUT2D eigenvalue weighted by atomic mass is 16.7. The lowest BCUT2D eigenvalue weighted by Crippen LogP contribution is -2.62. The van der Waals surface area contributed by atoms with Crippen molar-refractivity contribution in [2.24, 2.45) is 0 Å². The first-order chi connectivity index (χ1) is 16.0. The molecule has 3 aromatic rings. The lowest BCUT2D eigenvalue weighted by Gasteiger charge is -2.38. The number of hydroxylamine groups is 1. The molecular weight excluding hydrogens is 426 g/mol. The standard InChI is InChI=1S/C23H23N5O5/c1-31-15-5-2-13-10-28(21(29)16(13)8-15)11-23(12-32-27-22(30)26-23)19-9-17-18(33-19)6-7-20(25-17)24-14-3-4-14/h2,5-9,14H,3-4,10-12H2,1H3,(H,24,25)(H2,26,27,30)/t23-/m1/s1. The number of carbonyl (C=O) groups excluding carboxylic acids is 2. The van der Waals surface area contributed by atoms with Gasteiger partial charge in [-0.05, 0) is 42.7 Å². The molecule has 0 bridgehead atoms. The Labute approximate surface area is 189 Å². The summed E-state index contributed by atoms with van der Waals surface area (Å²) < 4.78 is 11.4. The molecule has 1 aromatic carbocycles. The maximum Gasteiger partial charge on any atom is 0.339 e. The van der Waals surface area contributed by atoms with E-state index in [1.54, 1.807) is 24.1 Å². The van der Waals surface area contributed by atoms with Crippen LogP contribution in [0, 0.1) is 0 Å². The first-order valence-corrected chi connectivity index (χ1v) is 10.9. The van der Waals surface area contributed by atoms with E-state index in [2.05, 4.69) is 21.1 Å². The summed E-state index contributed by atoms with van der Waals surface area (Å²) in [4.78, 5) is 37.2. The van der Waals surface area contributed by atoms with E-state index >= 15 is 0 Å². The highest BCUT2D eigenvalue weighted by molar-refractivity contribution is 5.99. The van der Waals surface area contributed by atoms with Crippen molar-refractivity contribution >= 4 is 28.9 Å². The van der Waals surface area contributed by atoms with E-state index in [4.69, 9.17) is 14.0 Å². The number of aromatic nitrogens is 1. The number of furan rings is 1. The van der Waals surface area contributed by atoms with Crippen LogP contribution in [0.15, 0.2) is 40.8 Å². The topological polar surface area (TPSA) is 118 Å². The van der Waals surface area contributed by atoms with Crippen LogP contribution in [0.2, 0.25) is 0 Å². The van der Waals surface area contributed by atoms with Crippen LogP contribution in [0.4, 0.5) is 10.6 Å². The van der Waals surface area contributed by atoms with Gasteiger partial charge in [-0.25, -0.2) is 15.3 Å². The number of nitrogens with one attached hydrogen (secondary N) is 3. The molecule has 10 heteroatoms. The Balaban J connectivity index is 1.33. The Bertz CT molecular complexity index is 1270. The van der Waals surface area contributed by atoms with Gasteiger partial charge in [0, 0.05) is 24.2 Å². The van der Waals surface area contributed by atoms with Gasteiger partial charge in [0.2, 0.25) is 0 Å². The number of urea groups is 1. The minimum atomic E-state index is -1.07. The van der Waals surface area contributed by atoms with Crippen LogP contribution in [-0.4, -0.2) is 48.1 Å². The molecule has 3 N–H and O–H groups in total. The zero-order valence-corrected chi connectivity index (χ0v) is 18.0. The molecule has 1 saturated carbocycles. The molecule has 1 atom stereocenters.